The Labute approximate surface area is 173 Å². The maximum absolute atomic E-state index is 12.9. The smallest absolute Gasteiger partial charge is 0.266 e. The number of amides is 2. The molecule has 0 saturated carbocycles. The SMILES string of the molecule is COc1cccc([C@H]2CC(=O)Nc3sc(C(=O)Nc4ccc(C)cc4)c(C)c32)c1. The molecule has 0 fully saturated rings. The van der Waals surface area contributed by atoms with E-state index in [1.54, 1.807) is 7.11 Å². The monoisotopic (exact) mass is 406 g/mol. The average Bonchev–Trinajstić information content (AvgIpc) is 3.05. The van der Waals surface area contributed by atoms with Gasteiger partial charge in [0.05, 0.1) is 17.0 Å². The highest BCUT2D eigenvalue weighted by Crippen LogP contribution is 2.45. The van der Waals surface area contributed by atoms with Crippen molar-refractivity contribution < 1.29 is 14.3 Å². The van der Waals surface area contributed by atoms with Gasteiger partial charge in [0.1, 0.15) is 5.75 Å². The van der Waals surface area contributed by atoms with Crippen LogP contribution in [0.2, 0.25) is 0 Å². The number of hydrogen-bond donors (Lipinski definition) is 2. The Morgan fingerprint density at radius 3 is 2.66 bits per heavy atom. The molecule has 2 amide bonds. The number of benzene rings is 2. The number of methoxy groups -OCH3 is 1. The lowest BCUT2D eigenvalue weighted by molar-refractivity contribution is -0.116. The molecule has 5 nitrogen and oxygen atoms in total. The number of ether oxygens (including phenoxy) is 1. The minimum Gasteiger partial charge on any atom is -0.497 e. The van der Waals surface area contributed by atoms with Crippen molar-refractivity contribution in [3.63, 3.8) is 0 Å². The minimum absolute atomic E-state index is 0.0444. The van der Waals surface area contributed by atoms with Crippen molar-refractivity contribution in [3.05, 3.63) is 75.7 Å². The van der Waals surface area contributed by atoms with Crippen molar-refractivity contribution in [2.24, 2.45) is 0 Å². The summed E-state index contributed by atoms with van der Waals surface area (Å²) in [4.78, 5) is 25.9. The molecule has 2 aromatic carbocycles. The largest absolute Gasteiger partial charge is 0.497 e. The molecule has 4 rings (SSSR count). The van der Waals surface area contributed by atoms with Gasteiger partial charge in [0.15, 0.2) is 0 Å². The summed E-state index contributed by atoms with van der Waals surface area (Å²) in [5.41, 5.74) is 4.81. The number of rotatable bonds is 4. The molecule has 6 heteroatoms. The van der Waals surface area contributed by atoms with E-state index in [1.165, 1.54) is 11.3 Å². The maximum atomic E-state index is 12.9. The molecular weight excluding hydrogens is 384 g/mol. The summed E-state index contributed by atoms with van der Waals surface area (Å²) < 4.78 is 5.35. The minimum atomic E-state index is -0.163. The van der Waals surface area contributed by atoms with Crippen LogP contribution in [0.25, 0.3) is 0 Å². The molecule has 0 bridgehead atoms. The zero-order valence-electron chi connectivity index (χ0n) is 16.5. The first-order valence-corrected chi connectivity index (χ1v) is 10.2. The number of anilines is 2. The van der Waals surface area contributed by atoms with E-state index in [1.807, 2.05) is 62.4 Å². The molecule has 1 aromatic heterocycles. The summed E-state index contributed by atoms with van der Waals surface area (Å²) in [6.07, 6.45) is 0.344. The van der Waals surface area contributed by atoms with E-state index in [9.17, 15) is 9.59 Å². The highest BCUT2D eigenvalue weighted by Gasteiger charge is 2.33. The number of aryl methyl sites for hydroxylation is 1. The number of carbonyl (C=O) groups is 2. The van der Waals surface area contributed by atoms with Crippen LogP contribution in [0, 0.1) is 13.8 Å². The van der Waals surface area contributed by atoms with Crippen LogP contribution in [0.5, 0.6) is 5.75 Å². The van der Waals surface area contributed by atoms with Crippen LogP contribution >= 0.6 is 11.3 Å². The second kappa shape index (κ2) is 7.72. The van der Waals surface area contributed by atoms with E-state index in [0.717, 1.165) is 38.7 Å². The Bertz CT molecular complexity index is 1090. The van der Waals surface area contributed by atoms with Crippen LogP contribution < -0.4 is 15.4 Å². The van der Waals surface area contributed by atoms with E-state index in [4.69, 9.17) is 4.74 Å². The van der Waals surface area contributed by atoms with Gasteiger partial charge in [-0.2, -0.15) is 0 Å². The van der Waals surface area contributed by atoms with E-state index in [-0.39, 0.29) is 17.7 Å². The summed E-state index contributed by atoms with van der Waals surface area (Å²) >= 11 is 1.33. The first kappa shape index (κ1) is 19.2. The fraction of sp³-hybridized carbons (Fsp3) is 0.217. The second-order valence-electron chi connectivity index (χ2n) is 7.20. The van der Waals surface area contributed by atoms with Crippen molar-refractivity contribution in [2.45, 2.75) is 26.2 Å². The molecule has 3 aromatic rings. The van der Waals surface area contributed by atoms with Gasteiger partial charge >= 0.3 is 0 Å². The van der Waals surface area contributed by atoms with Crippen molar-refractivity contribution in [3.8, 4) is 5.75 Å². The average molecular weight is 407 g/mol. The van der Waals surface area contributed by atoms with Gasteiger partial charge in [-0.25, -0.2) is 0 Å². The predicted molar refractivity (Wildman–Crippen MR) is 116 cm³/mol. The summed E-state index contributed by atoms with van der Waals surface area (Å²) in [7, 11) is 1.63. The van der Waals surface area contributed by atoms with Crippen molar-refractivity contribution >= 4 is 33.8 Å². The highest BCUT2D eigenvalue weighted by atomic mass is 32.1. The lowest BCUT2D eigenvalue weighted by Crippen LogP contribution is -2.22. The van der Waals surface area contributed by atoms with Crippen LogP contribution in [0.4, 0.5) is 10.7 Å². The van der Waals surface area contributed by atoms with Crippen molar-refractivity contribution in [1.82, 2.24) is 0 Å². The van der Waals surface area contributed by atoms with Gasteiger partial charge in [-0.3, -0.25) is 9.59 Å². The standard InChI is InChI=1S/C23H22N2O3S/c1-13-7-9-16(10-8-13)24-22(27)21-14(2)20-18(12-19(26)25-23(20)29-21)15-5-4-6-17(11-15)28-3/h4-11,18H,12H2,1-3H3,(H,24,27)(H,25,26)/t18-/m1/s1. The Hall–Kier alpha value is -3.12. The summed E-state index contributed by atoms with van der Waals surface area (Å²) in [5, 5.41) is 6.65. The first-order valence-electron chi connectivity index (χ1n) is 9.41. The number of thiophene rings is 1. The quantitative estimate of drug-likeness (QED) is 0.633. The Morgan fingerprint density at radius 2 is 1.93 bits per heavy atom. The molecular formula is C23H22N2O3S. The molecule has 148 valence electrons. The third kappa shape index (κ3) is 3.76. The van der Waals surface area contributed by atoms with Gasteiger partial charge in [0, 0.05) is 18.0 Å². The highest BCUT2D eigenvalue weighted by molar-refractivity contribution is 7.18. The molecule has 0 radical (unpaired) electrons. The zero-order valence-corrected chi connectivity index (χ0v) is 17.4. The Kier molecular flexibility index (Phi) is 5.11. The zero-order chi connectivity index (χ0) is 20.5. The third-order valence-electron chi connectivity index (χ3n) is 5.20. The van der Waals surface area contributed by atoms with Crippen molar-refractivity contribution in [1.29, 1.82) is 0 Å². The van der Waals surface area contributed by atoms with Gasteiger partial charge in [0.25, 0.3) is 5.91 Å². The molecule has 2 heterocycles. The molecule has 0 aliphatic carbocycles. The van der Waals surface area contributed by atoms with Gasteiger partial charge < -0.3 is 15.4 Å². The molecule has 1 atom stereocenters. The van der Waals surface area contributed by atoms with E-state index >= 15 is 0 Å². The number of carbonyl (C=O) groups excluding carboxylic acids is 2. The fourth-order valence-electron chi connectivity index (χ4n) is 3.69. The second-order valence-corrected chi connectivity index (χ2v) is 8.22. The molecule has 0 saturated heterocycles. The van der Waals surface area contributed by atoms with E-state index < -0.39 is 0 Å². The molecule has 0 spiro atoms. The van der Waals surface area contributed by atoms with E-state index in [0.29, 0.717) is 11.3 Å². The summed E-state index contributed by atoms with van der Waals surface area (Å²) in [6, 6.07) is 15.5. The number of fused-ring (bicyclic) bond motifs is 1. The van der Waals surface area contributed by atoms with Crippen LogP contribution in [-0.2, 0) is 4.79 Å². The topological polar surface area (TPSA) is 67.4 Å². The molecule has 2 N–H and O–H groups in total. The lowest BCUT2D eigenvalue weighted by Gasteiger charge is -2.24. The maximum Gasteiger partial charge on any atom is 0.266 e. The summed E-state index contributed by atoms with van der Waals surface area (Å²) in [6.45, 7) is 3.95. The summed E-state index contributed by atoms with van der Waals surface area (Å²) in [5.74, 6) is 0.438. The third-order valence-corrected chi connectivity index (χ3v) is 6.42. The van der Waals surface area contributed by atoms with Gasteiger partial charge in [0.2, 0.25) is 5.91 Å². The molecule has 1 aliphatic heterocycles. The van der Waals surface area contributed by atoms with Crippen LogP contribution in [-0.4, -0.2) is 18.9 Å². The molecule has 1 aliphatic rings. The van der Waals surface area contributed by atoms with Crippen LogP contribution in [0.15, 0.2) is 48.5 Å². The predicted octanol–water partition coefficient (Wildman–Crippen LogP) is 5.10. The van der Waals surface area contributed by atoms with Crippen LogP contribution in [0.1, 0.15) is 44.3 Å². The Morgan fingerprint density at radius 1 is 1.17 bits per heavy atom. The van der Waals surface area contributed by atoms with Crippen molar-refractivity contribution in [2.75, 3.05) is 17.7 Å². The van der Waals surface area contributed by atoms with Gasteiger partial charge in [-0.15, -0.1) is 11.3 Å². The van der Waals surface area contributed by atoms with Crippen LogP contribution in [0.3, 0.4) is 0 Å². The number of hydrogen-bond acceptors (Lipinski definition) is 4. The first-order chi connectivity index (χ1) is 14.0. The van der Waals surface area contributed by atoms with Gasteiger partial charge in [-0.1, -0.05) is 29.8 Å². The lowest BCUT2D eigenvalue weighted by atomic mass is 9.85. The Balaban J connectivity index is 1.70. The van der Waals surface area contributed by atoms with E-state index in [2.05, 4.69) is 10.6 Å². The van der Waals surface area contributed by atoms with Gasteiger partial charge in [-0.05, 0) is 54.8 Å². The normalized spacial score (nSPS) is 15.4. The molecule has 29 heavy (non-hydrogen) atoms. The molecule has 0 unspecified atom stereocenters. The fourth-order valence-corrected chi connectivity index (χ4v) is 4.87. The number of nitrogens with one attached hydrogen (secondary N) is 2.